The van der Waals surface area contributed by atoms with Crippen molar-refractivity contribution in [1.82, 2.24) is 0 Å². The zero-order valence-corrected chi connectivity index (χ0v) is 43.5. The summed E-state index contributed by atoms with van der Waals surface area (Å²) in [6.07, 6.45) is 1.39. The number of ether oxygens (including phenoxy) is 7. The molecule has 0 atom stereocenters. The lowest BCUT2D eigenvalue weighted by Gasteiger charge is -2.19. The van der Waals surface area contributed by atoms with E-state index in [9.17, 15) is 5.11 Å². The largest absolute Gasteiger partial charge is 0.508 e. The van der Waals surface area contributed by atoms with Crippen molar-refractivity contribution in [2.75, 3.05) is 34.0 Å². The number of phenolic OH excluding ortho intramolecular Hbond substituents is 1. The van der Waals surface area contributed by atoms with Crippen LogP contribution in [-0.2, 0) is 22.7 Å². The van der Waals surface area contributed by atoms with Crippen molar-refractivity contribution in [1.29, 1.82) is 0 Å². The van der Waals surface area contributed by atoms with Gasteiger partial charge in [-0.1, -0.05) is 147 Å². The summed E-state index contributed by atoms with van der Waals surface area (Å²) in [7, 11) is 3.33. The maximum absolute atomic E-state index is 9.80. The first-order valence-electron chi connectivity index (χ1n) is 25.4. The third-order valence-electron chi connectivity index (χ3n) is 12.4. The normalized spacial score (nSPS) is 11.7. The highest BCUT2D eigenvalue weighted by Crippen LogP contribution is 2.37. The Morgan fingerprint density at radius 2 is 0.689 bits per heavy atom. The molecule has 0 unspecified atom stereocenters. The molecule has 0 amide bonds. The van der Waals surface area contributed by atoms with E-state index in [1.165, 1.54) is 27.8 Å². The van der Waals surface area contributed by atoms with E-state index in [0.29, 0.717) is 33.0 Å². The predicted octanol–water partition coefficient (Wildman–Crippen LogP) is 15.8. The molecule has 380 valence electrons. The van der Waals surface area contributed by atoms with Crippen LogP contribution < -0.4 is 23.7 Å². The van der Waals surface area contributed by atoms with Gasteiger partial charge in [0.2, 0.25) is 0 Å². The average Bonchev–Trinajstić information content (AvgIpc) is 3.46. The van der Waals surface area contributed by atoms with Crippen molar-refractivity contribution < 1.29 is 38.3 Å². The van der Waals surface area contributed by atoms with Crippen LogP contribution in [-0.4, -0.2) is 45.4 Å². The number of benzene rings is 8. The van der Waals surface area contributed by atoms with E-state index in [0.717, 1.165) is 80.5 Å². The lowest BCUT2D eigenvalue weighted by atomic mass is 9.88. The average molecular weight is 989 g/mol. The van der Waals surface area contributed by atoms with Gasteiger partial charge in [0.25, 0.3) is 0 Å². The van der Waals surface area contributed by atoms with Gasteiger partial charge in [-0.05, 0) is 166 Å². The summed E-state index contributed by atoms with van der Waals surface area (Å²) in [5.41, 5.74) is 13.9. The maximum atomic E-state index is 9.80. The highest BCUT2D eigenvalue weighted by Gasteiger charge is 2.16. The van der Waals surface area contributed by atoms with Crippen molar-refractivity contribution in [2.24, 2.45) is 0 Å². The minimum atomic E-state index is -0.379. The second-order valence-corrected chi connectivity index (χ2v) is 17.2. The molecule has 0 saturated heterocycles. The van der Waals surface area contributed by atoms with E-state index in [2.05, 4.69) is 105 Å². The molecule has 0 aromatic heterocycles. The summed E-state index contributed by atoms with van der Waals surface area (Å²) in [6, 6.07) is 69.1. The standard InChI is InChI=1S/C36H40O5.C30H28O3/c1-5-34(28-11-9-8-10-12-28)36(30-17-23-33(24-18-30)41-26-35(38-6-2)39-7-3)29-15-21-32(22-16-29)40-25-27-13-19-31(37-4)20-14-27;1-3-29(23-7-5-4-6-8-23)30(24-11-15-26(31)16-12-24)25-13-19-28(20-14-25)33-21-22-9-17-27(32-2)18-10-22/h8-24,35H,5-7,25-26H2,1-4H3;4-20,31H,3,21H2,1-2H3/b36-34-;30-29+. The molecule has 8 heteroatoms. The van der Waals surface area contributed by atoms with Crippen LogP contribution in [0.2, 0.25) is 0 Å². The molecule has 0 aliphatic rings. The van der Waals surface area contributed by atoms with Gasteiger partial charge in [-0.25, -0.2) is 0 Å². The third-order valence-corrected chi connectivity index (χ3v) is 12.4. The summed E-state index contributed by atoms with van der Waals surface area (Å²) in [6.45, 7) is 10.8. The minimum absolute atomic E-state index is 0.262. The second kappa shape index (κ2) is 28.3. The Kier molecular flexibility index (Phi) is 20.5. The van der Waals surface area contributed by atoms with Crippen LogP contribution in [0, 0.1) is 0 Å². The van der Waals surface area contributed by atoms with Crippen LogP contribution in [0.4, 0.5) is 0 Å². The van der Waals surface area contributed by atoms with Crippen molar-refractivity contribution in [3.63, 3.8) is 0 Å². The number of hydrogen-bond acceptors (Lipinski definition) is 8. The first-order chi connectivity index (χ1) is 36.3. The molecule has 8 nitrogen and oxygen atoms in total. The monoisotopic (exact) mass is 988 g/mol. The second-order valence-electron chi connectivity index (χ2n) is 17.2. The van der Waals surface area contributed by atoms with E-state index in [1.54, 1.807) is 26.4 Å². The van der Waals surface area contributed by atoms with Gasteiger partial charge in [-0.2, -0.15) is 0 Å². The van der Waals surface area contributed by atoms with Gasteiger partial charge < -0.3 is 38.3 Å². The molecule has 74 heavy (non-hydrogen) atoms. The van der Waals surface area contributed by atoms with Crippen LogP contribution in [0.5, 0.6) is 34.5 Å². The quantitative estimate of drug-likeness (QED) is 0.0501. The van der Waals surface area contributed by atoms with E-state index in [1.807, 2.05) is 117 Å². The van der Waals surface area contributed by atoms with Crippen molar-refractivity contribution in [2.45, 2.75) is 60.0 Å². The Bertz CT molecular complexity index is 2940. The Morgan fingerprint density at radius 1 is 0.365 bits per heavy atom. The molecule has 0 spiro atoms. The van der Waals surface area contributed by atoms with Crippen LogP contribution >= 0.6 is 0 Å². The molecule has 0 fully saturated rings. The Morgan fingerprint density at radius 3 is 1.01 bits per heavy atom. The number of hydrogen-bond donors (Lipinski definition) is 1. The number of methoxy groups -OCH3 is 2. The summed E-state index contributed by atoms with van der Waals surface area (Å²) in [5, 5.41) is 9.80. The minimum Gasteiger partial charge on any atom is -0.508 e. The Labute approximate surface area is 438 Å². The van der Waals surface area contributed by atoms with E-state index < -0.39 is 0 Å². The molecule has 0 radical (unpaired) electrons. The first kappa shape index (κ1) is 53.8. The molecule has 1 N–H and O–H groups in total. The SMILES string of the molecule is CC/C(=C(/c1ccc(O)cc1)c1ccc(OCc2ccc(OC)cc2)cc1)c1ccccc1.CCOC(COc1ccc(/C(=C(/CC)c2ccccc2)c2ccc(OCc3ccc(OC)cc3)cc2)cc1)OCC. The lowest BCUT2D eigenvalue weighted by molar-refractivity contribution is -0.152. The molecule has 8 rings (SSSR count). The van der Waals surface area contributed by atoms with Gasteiger partial charge >= 0.3 is 0 Å². The molecule has 0 aliphatic heterocycles. The van der Waals surface area contributed by atoms with E-state index in [-0.39, 0.29) is 12.0 Å². The predicted molar refractivity (Wildman–Crippen MR) is 300 cm³/mol. The van der Waals surface area contributed by atoms with Gasteiger partial charge in [0.1, 0.15) is 54.3 Å². The molecular weight excluding hydrogens is 921 g/mol. The highest BCUT2D eigenvalue weighted by atomic mass is 16.7. The molecule has 0 heterocycles. The number of aromatic hydroxyl groups is 1. The lowest BCUT2D eigenvalue weighted by Crippen LogP contribution is -2.25. The van der Waals surface area contributed by atoms with E-state index in [4.69, 9.17) is 33.2 Å². The van der Waals surface area contributed by atoms with Crippen LogP contribution in [0.15, 0.2) is 206 Å². The molecule has 8 aromatic carbocycles. The topological polar surface area (TPSA) is 84.8 Å². The van der Waals surface area contributed by atoms with Crippen LogP contribution in [0.1, 0.15) is 85.0 Å². The van der Waals surface area contributed by atoms with Gasteiger partial charge in [0.05, 0.1) is 14.2 Å². The summed E-state index contributed by atoms with van der Waals surface area (Å²) >= 11 is 0. The fraction of sp³-hybridized carbons (Fsp3) is 0.212. The Balaban J connectivity index is 0.000000221. The smallest absolute Gasteiger partial charge is 0.191 e. The fourth-order valence-corrected chi connectivity index (χ4v) is 8.60. The Hall–Kier alpha value is -8.04. The van der Waals surface area contributed by atoms with Crippen LogP contribution in [0.25, 0.3) is 22.3 Å². The van der Waals surface area contributed by atoms with Crippen molar-refractivity contribution >= 4 is 22.3 Å². The number of allylic oxidation sites excluding steroid dienone is 2. The zero-order valence-electron chi connectivity index (χ0n) is 43.5. The fourth-order valence-electron chi connectivity index (χ4n) is 8.60. The summed E-state index contributed by atoms with van der Waals surface area (Å²) < 4.78 is 39.8. The number of rotatable bonds is 23. The van der Waals surface area contributed by atoms with Gasteiger partial charge in [-0.3, -0.25) is 0 Å². The first-order valence-corrected chi connectivity index (χ1v) is 25.4. The molecule has 0 bridgehead atoms. The zero-order chi connectivity index (χ0) is 51.9. The van der Waals surface area contributed by atoms with Crippen molar-refractivity contribution in [3.8, 4) is 34.5 Å². The van der Waals surface area contributed by atoms with Gasteiger partial charge in [0, 0.05) is 13.2 Å². The highest BCUT2D eigenvalue weighted by molar-refractivity contribution is 5.99. The maximum Gasteiger partial charge on any atom is 0.191 e. The molecule has 0 saturated carbocycles. The van der Waals surface area contributed by atoms with Gasteiger partial charge in [0.15, 0.2) is 6.29 Å². The molecule has 8 aromatic rings. The third kappa shape index (κ3) is 15.2. The molecule has 0 aliphatic carbocycles. The summed E-state index contributed by atoms with van der Waals surface area (Å²) in [5.74, 6) is 4.35. The van der Waals surface area contributed by atoms with Crippen LogP contribution in [0.3, 0.4) is 0 Å². The van der Waals surface area contributed by atoms with Gasteiger partial charge in [-0.15, -0.1) is 0 Å². The van der Waals surface area contributed by atoms with E-state index >= 15 is 0 Å². The molecular formula is C66H68O8. The number of phenols is 1. The summed E-state index contributed by atoms with van der Waals surface area (Å²) in [4.78, 5) is 0. The van der Waals surface area contributed by atoms with Crippen molar-refractivity contribution in [3.05, 3.63) is 251 Å².